The largest absolute Gasteiger partial charge is 0.480 e. The second kappa shape index (κ2) is 6.99. The van der Waals surface area contributed by atoms with E-state index in [9.17, 15) is 14.7 Å². The van der Waals surface area contributed by atoms with Gasteiger partial charge in [-0.1, -0.05) is 46.5 Å². The minimum absolute atomic E-state index is 0.0387. The Labute approximate surface area is 141 Å². The van der Waals surface area contributed by atoms with E-state index in [2.05, 4.69) is 31.1 Å². The average molecular weight is 338 g/mol. The molecule has 1 heterocycles. The number of hydrogen-bond donors (Lipinski definition) is 2. The van der Waals surface area contributed by atoms with Crippen molar-refractivity contribution < 1.29 is 14.7 Å². The summed E-state index contributed by atoms with van der Waals surface area (Å²) in [5.41, 5.74) is -0.425. The van der Waals surface area contributed by atoms with E-state index in [0.29, 0.717) is 18.5 Å². The van der Waals surface area contributed by atoms with Crippen LogP contribution in [-0.2, 0) is 21.4 Å². The lowest BCUT2D eigenvalue weighted by atomic mass is 9.90. The summed E-state index contributed by atoms with van der Waals surface area (Å²) in [5.74, 6) is -1.17. The Morgan fingerprint density at radius 2 is 1.87 bits per heavy atom. The standard InChI is InChI=1S/C17H26N2O3S/c1-16(2,3)14-18-12(11-23-14)10-13(20)19-17(15(21)22)8-6-4-5-7-9-17/h11H,4-10H2,1-3H3,(H,19,20)(H,21,22). The molecule has 0 aromatic carbocycles. The van der Waals surface area contributed by atoms with E-state index in [4.69, 9.17) is 0 Å². The van der Waals surface area contributed by atoms with Crippen molar-refractivity contribution in [2.75, 3.05) is 0 Å². The van der Waals surface area contributed by atoms with Crippen molar-refractivity contribution in [1.82, 2.24) is 10.3 Å². The first-order chi connectivity index (χ1) is 10.7. The van der Waals surface area contributed by atoms with Crippen LogP contribution in [0.15, 0.2) is 5.38 Å². The zero-order chi connectivity index (χ0) is 17.1. The molecule has 6 heteroatoms. The third-order valence-corrected chi connectivity index (χ3v) is 5.60. The number of thiazole rings is 1. The van der Waals surface area contributed by atoms with Crippen molar-refractivity contribution >= 4 is 23.2 Å². The average Bonchev–Trinajstić information content (AvgIpc) is 2.77. The minimum Gasteiger partial charge on any atom is -0.480 e. The summed E-state index contributed by atoms with van der Waals surface area (Å²) in [6.07, 6.45) is 4.92. The molecule has 0 radical (unpaired) electrons. The molecule has 0 unspecified atom stereocenters. The number of carboxylic acid groups (broad SMARTS) is 1. The van der Waals surface area contributed by atoms with E-state index in [1.54, 1.807) is 11.3 Å². The van der Waals surface area contributed by atoms with Gasteiger partial charge in [0.25, 0.3) is 0 Å². The Balaban J connectivity index is 2.05. The number of aliphatic carboxylic acids is 1. The molecule has 0 bridgehead atoms. The monoisotopic (exact) mass is 338 g/mol. The summed E-state index contributed by atoms with van der Waals surface area (Å²) in [6.45, 7) is 6.25. The molecule has 2 N–H and O–H groups in total. The highest BCUT2D eigenvalue weighted by molar-refractivity contribution is 7.09. The first-order valence-electron chi connectivity index (χ1n) is 8.22. The highest BCUT2D eigenvalue weighted by Gasteiger charge is 2.40. The van der Waals surface area contributed by atoms with Crippen LogP contribution in [0.4, 0.5) is 0 Å². The van der Waals surface area contributed by atoms with Crippen LogP contribution in [0.1, 0.15) is 70.0 Å². The van der Waals surface area contributed by atoms with Crippen LogP contribution in [0.2, 0.25) is 0 Å². The van der Waals surface area contributed by atoms with E-state index >= 15 is 0 Å². The molecule has 1 aromatic heterocycles. The number of aromatic nitrogens is 1. The maximum absolute atomic E-state index is 12.4. The van der Waals surface area contributed by atoms with Gasteiger partial charge in [-0.05, 0) is 12.8 Å². The predicted molar refractivity (Wildman–Crippen MR) is 90.7 cm³/mol. The van der Waals surface area contributed by atoms with Crippen LogP contribution < -0.4 is 5.32 Å². The first kappa shape index (κ1) is 17.9. The summed E-state index contributed by atoms with van der Waals surface area (Å²) < 4.78 is 0. The van der Waals surface area contributed by atoms with E-state index in [-0.39, 0.29) is 17.7 Å². The quantitative estimate of drug-likeness (QED) is 0.826. The molecule has 23 heavy (non-hydrogen) atoms. The van der Waals surface area contributed by atoms with Crippen molar-refractivity contribution in [3.05, 3.63) is 16.1 Å². The Morgan fingerprint density at radius 3 is 2.35 bits per heavy atom. The molecule has 0 atom stereocenters. The first-order valence-corrected chi connectivity index (χ1v) is 9.10. The number of carbonyl (C=O) groups is 2. The smallest absolute Gasteiger partial charge is 0.329 e. The Hall–Kier alpha value is -1.43. The zero-order valence-electron chi connectivity index (χ0n) is 14.1. The number of nitrogens with one attached hydrogen (secondary N) is 1. The van der Waals surface area contributed by atoms with Crippen LogP contribution in [0.25, 0.3) is 0 Å². The maximum Gasteiger partial charge on any atom is 0.329 e. The van der Waals surface area contributed by atoms with Crippen LogP contribution in [-0.4, -0.2) is 27.5 Å². The summed E-state index contributed by atoms with van der Waals surface area (Å²) >= 11 is 1.55. The number of carboxylic acids is 1. The minimum atomic E-state index is -1.10. The van der Waals surface area contributed by atoms with Gasteiger partial charge in [0.15, 0.2) is 0 Å². The van der Waals surface area contributed by atoms with Gasteiger partial charge in [-0.15, -0.1) is 11.3 Å². The fourth-order valence-electron chi connectivity index (χ4n) is 2.93. The molecular formula is C17H26N2O3S. The molecule has 0 saturated heterocycles. The summed E-state index contributed by atoms with van der Waals surface area (Å²) in [5, 5.41) is 15.3. The normalized spacial score (nSPS) is 18.2. The highest BCUT2D eigenvalue weighted by atomic mass is 32.1. The third-order valence-electron chi connectivity index (χ3n) is 4.28. The molecule has 128 valence electrons. The maximum atomic E-state index is 12.4. The van der Waals surface area contributed by atoms with Crippen molar-refractivity contribution in [1.29, 1.82) is 0 Å². The van der Waals surface area contributed by atoms with Gasteiger partial charge < -0.3 is 10.4 Å². The van der Waals surface area contributed by atoms with Gasteiger partial charge in [0, 0.05) is 10.8 Å². The van der Waals surface area contributed by atoms with Crippen molar-refractivity contribution in [3.8, 4) is 0 Å². The molecular weight excluding hydrogens is 312 g/mol. The van der Waals surface area contributed by atoms with E-state index in [1.165, 1.54) is 0 Å². The van der Waals surface area contributed by atoms with Gasteiger partial charge in [0.05, 0.1) is 17.1 Å². The summed E-state index contributed by atoms with van der Waals surface area (Å²) in [7, 11) is 0. The topological polar surface area (TPSA) is 79.3 Å². The fourth-order valence-corrected chi connectivity index (χ4v) is 3.84. The Bertz CT molecular complexity index is 567. The van der Waals surface area contributed by atoms with Crippen LogP contribution in [0.3, 0.4) is 0 Å². The lowest BCUT2D eigenvalue weighted by Gasteiger charge is -2.29. The Kier molecular flexibility index (Phi) is 5.45. The van der Waals surface area contributed by atoms with Gasteiger partial charge in [-0.3, -0.25) is 4.79 Å². The number of rotatable bonds is 4. The molecule has 1 fully saturated rings. The second-order valence-corrected chi connectivity index (χ2v) is 8.28. The van der Waals surface area contributed by atoms with E-state index < -0.39 is 11.5 Å². The van der Waals surface area contributed by atoms with Gasteiger partial charge in [-0.2, -0.15) is 0 Å². The molecule has 1 aliphatic carbocycles. The van der Waals surface area contributed by atoms with Gasteiger partial charge in [-0.25, -0.2) is 9.78 Å². The number of hydrogen-bond acceptors (Lipinski definition) is 4. The molecule has 1 amide bonds. The number of nitrogens with zero attached hydrogens (tertiary/aromatic N) is 1. The van der Waals surface area contributed by atoms with Gasteiger partial charge >= 0.3 is 5.97 Å². The van der Waals surface area contributed by atoms with Gasteiger partial charge in [0.1, 0.15) is 5.54 Å². The molecule has 1 aliphatic rings. The van der Waals surface area contributed by atoms with E-state index in [0.717, 1.165) is 30.7 Å². The molecule has 1 saturated carbocycles. The van der Waals surface area contributed by atoms with E-state index in [1.807, 2.05) is 5.38 Å². The zero-order valence-corrected chi connectivity index (χ0v) is 15.0. The predicted octanol–water partition coefficient (Wildman–Crippen LogP) is 3.28. The summed E-state index contributed by atoms with van der Waals surface area (Å²) in [6, 6.07) is 0. The molecule has 1 aromatic rings. The lowest BCUT2D eigenvalue weighted by molar-refractivity contribution is -0.148. The fraction of sp³-hybridized carbons (Fsp3) is 0.706. The van der Waals surface area contributed by atoms with Crippen molar-refractivity contribution in [2.24, 2.45) is 0 Å². The SMILES string of the molecule is CC(C)(C)c1nc(CC(=O)NC2(C(=O)O)CCCCCC2)cs1. The number of carbonyl (C=O) groups excluding carboxylic acids is 1. The lowest BCUT2D eigenvalue weighted by Crippen LogP contribution is -2.54. The molecule has 2 rings (SSSR count). The van der Waals surface area contributed by atoms with Crippen molar-refractivity contribution in [2.45, 2.75) is 76.7 Å². The highest BCUT2D eigenvalue weighted by Crippen LogP contribution is 2.28. The van der Waals surface area contributed by atoms with Crippen LogP contribution in [0, 0.1) is 0 Å². The van der Waals surface area contributed by atoms with Crippen LogP contribution >= 0.6 is 11.3 Å². The molecule has 5 nitrogen and oxygen atoms in total. The second-order valence-electron chi connectivity index (χ2n) is 7.42. The molecule has 0 spiro atoms. The number of amides is 1. The summed E-state index contributed by atoms with van der Waals surface area (Å²) in [4.78, 5) is 28.6. The van der Waals surface area contributed by atoms with Crippen molar-refractivity contribution in [3.63, 3.8) is 0 Å². The third kappa shape index (κ3) is 4.53. The molecule has 0 aliphatic heterocycles. The van der Waals surface area contributed by atoms with Crippen LogP contribution in [0.5, 0.6) is 0 Å². The van der Waals surface area contributed by atoms with Gasteiger partial charge in [0.2, 0.25) is 5.91 Å². The Morgan fingerprint density at radius 1 is 1.26 bits per heavy atom.